The lowest BCUT2D eigenvalue weighted by atomic mass is 10.3. The summed E-state index contributed by atoms with van der Waals surface area (Å²) in [6.45, 7) is 3.39. The van der Waals surface area contributed by atoms with Crippen molar-refractivity contribution in [1.82, 2.24) is 5.32 Å². The summed E-state index contributed by atoms with van der Waals surface area (Å²) < 4.78 is 38.6. The van der Waals surface area contributed by atoms with Crippen LogP contribution in [0.5, 0.6) is 0 Å². The summed E-state index contributed by atoms with van der Waals surface area (Å²) in [6.07, 6.45) is 0.502. The fourth-order valence-electron chi connectivity index (χ4n) is 1.35. The third kappa shape index (κ3) is 5.20. The number of hydrogen-bond acceptors (Lipinski definition) is 3. The van der Waals surface area contributed by atoms with Crippen LogP contribution in [0.2, 0.25) is 5.02 Å². The van der Waals surface area contributed by atoms with Crippen molar-refractivity contribution in [3.05, 3.63) is 29.0 Å². The van der Waals surface area contributed by atoms with Crippen LogP contribution in [0, 0.1) is 5.82 Å². The first-order chi connectivity index (χ1) is 8.44. The zero-order valence-corrected chi connectivity index (χ0v) is 11.6. The summed E-state index contributed by atoms with van der Waals surface area (Å²) in [6, 6.07) is 3.53. The predicted octanol–water partition coefficient (Wildman–Crippen LogP) is 2.22. The number of rotatable bonds is 7. The van der Waals surface area contributed by atoms with Crippen molar-refractivity contribution in [3.8, 4) is 0 Å². The largest absolute Gasteiger partial charge is 0.317 e. The van der Waals surface area contributed by atoms with Crippen molar-refractivity contribution in [2.24, 2.45) is 0 Å². The van der Waals surface area contributed by atoms with Crippen LogP contribution in [0.15, 0.2) is 18.2 Å². The summed E-state index contributed by atoms with van der Waals surface area (Å²) in [5.41, 5.74) is 0.196. The van der Waals surface area contributed by atoms with Crippen LogP contribution >= 0.6 is 11.6 Å². The third-order valence-corrected chi connectivity index (χ3v) is 3.88. The first kappa shape index (κ1) is 15.2. The van der Waals surface area contributed by atoms with Gasteiger partial charge in [-0.3, -0.25) is 4.72 Å². The molecule has 0 aliphatic rings. The van der Waals surface area contributed by atoms with E-state index in [1.54, 1.807) is 0 Å². The lowest BCUT2D eigenvalue weighted by Crippen LogP contribution is -2.22. The van der Waals surface area contributed by atoms with E-state index < -0.39 is 15.8 Å². The van der Waals surface area contributed by atoms with E-state index >= 15 is 0 Å². The summed E-state index contributed by atoms with van der Waals surface area (Å²) in [7, 11) is -3.45. The molecule has 0 aromatic heterocycles. The first-order valence-electron chi connectivity index (χ1n) is 5.61. The quantitative estimate of drug-likeness (QED) is 0.758. The van der Waals surface area contributed by atoms with Crippen LogP contribution in [0.4, 0.5) is 10.1 Å². The van der Waals surface area contributed by atoms with E-state index in [4.69, 9.17) is 11.6 Å². The lowest BCUT2D eigenvalue weighted by molar-refractivity contribution is 0.595. The van der Waals surface area contributed by atoms with Gasteiger partial charge in [0, 0.05) is 0 Å². The Labute approximate surface area is 112 Å². The molecular formula is C11H16ClFN2O2S. The Morgan fingerprint density at radius 2 is 2.11 bits per heavy atom. The average Bonchev–Trinajstić information content (AvgIpc) is 2.28. The minimum Gasteiger partial charge on any atom is -0.317 e. The molecule has 0 bridgehead atoms. The monoisotopic (exact) mass is 294 g/mol. The molecular weight excluding hydrogens is 279 g/mol. The summed E-state index contributed by atoms with van der Waals surface area (Å²) in [5.74, 6) is -0.511. The van der Waals surface area contributed by atoms with Crippen molar-refractivity contribution in [2.75, 3.05) is 23.6 Å². The van der Waals surface area contributed by atoms with E-state index in [9.17, 15) is 12.8 Å². The molecule has 0 saturated heterocycles. The number of hydrogen-bond donors (Lipinski definition) is 2. The van der Waals surface area contributed by atoms with Crippen LogP contribution in [-0.2, 0) is 10.0 Å². The Kier molecular flexibility index (Phi) is 5.84. The highest BCUT2D eigenvalue weighted by Gasteiger charge is 2.12. The molecule has 4 nitrogen and oxygen atoms in total. The van der Waals surface area contributed by atoms with Gasteiger partial charge in [-0.05, 0) is 37.7 Å². The smallest absolute Gasteiger partial charge is 0.232 e. The van der Waals surface area contributed by atoms with E-state index in [1.807, 2.05) is 6.92 Å². The third-order valence-electron chi connectivity index (χ3n) is 2.21. The van der Waals surface area contributed by atoms with E-state index in [1.165, 1.54) is 6.07 Å². The molecule has 7 heteroatoms. The van der Waals surface area contributed by atoms with Crippen LogP contribution in [0.25, 0.3) is 0 Å². The fraction of sp³-hybridized carbons (Fsp3) is 0.455. The predicted molar refractivity (Wildman–Crippen MR) is 72.0 cm³/mol. The molecule has 0 saturated carbocycles. The molecule has 102 valence electrons. The molecule has 0 heterocycles. The average molecular weight is 295 g/mol. The van der Waals surface area contributed by atoms with Gasteiger partial charge in [0.05, 0.1) is 16.5 Å². The number of sulfonamides is 1. The second-order valence-corrected chi connectivity index (χ2v) is 6.00. The van der Waals surface area contributed by atoms with Gasteiger partial charge in [0.15, 0.2) is 0 Å². The van der Waals surface area contributed by atoms with Gasteiger partial charge in [-0.15, -0.1) is 0 Å². The molecule has 1 rings (SSSR count). The maximum atomic E-state index is 12.8. The van der Waals surface area contributed by atoms with E-state index in [0.717, 1.165) is 18.7 Å². The van der Waals surface area contributed by atoms with Gasteiger partial charge in [0.1, 0.15) is 5.82 Å². The van der Waals surface area contributed by atoms with E-state index in [-0.39, 0.29) is 16.5 Å². The highest BCUT2D eigenvalue weighted by Crippen LogP contribution is 2.23. The molecule has 18 heavy (non-hydrogen) atoms. The molecule has 1 aromatic rings. The summed E-state index contributed by atoms with van der Waals surface area (Å²) in [5, 5.41) is 3.08. The van der Waals surface area contributed by atoms with Gasteiger partial charge >= 0.3 is 0 Å². The molecule has 0 radical (unpaired) electrons. The second-order valence-electron chi connectivity index (χ2n) is 3.75. The molecule has 0 amide bonds. The molecule has 0 aliphatic carbocycles. The van der Waals surface area contributed by atoms with Gasteiger partial charge in [-0.25, -0.2) is 12.8 Å². The number of benzene rings is 1. The Morgan fingerprint density at radius 3 is 2.72 bits per heavy atom. The molecule has 0 fully saturated rings. The maximum Gasteiger partial charge on any atom is 0.232 e. The minimum absolute atomic E-state index is 0.00624. The Bertz CT molecular complexity index is 494. The molecule has 2 N–H and O–H groups in total. The van der Waals surface area contributed by atoms with E-state index in [2.05, 4.69) is 10.0 Å². The van der Waals surface area contributed by atoms with Gasteiger partial charge in [0.25, 0.3) is 0 Å². The molecule has 0 unspecified atom stereocenters. The topological polar surface area (TPSA) is 58.2 Å². The van der Waals surface area contributed by atoms with Gasteiger partial charge < -0.3 is 5.32 Å². The summed E-state index contributed by atoms with van der Waals surface area (Å²) >= 11 is 5.74. The van der Waals surface area contributed by atoms with Crippen LogP contribution < -0.4 is 10.0 Å². The fourth-order valence-corrected chi connectivity index (χ4v) is 2.76. The Hall–Kier alpha value is -0.850. The van der Waals surface area contributed by atoms with Crippen LogP contribution in [0.3, 0.4) is 0 Å². The molecule has 0 atom stereocenters. The Balaban J connectivity index is 2.59. The van der Waals surface area contributed by atoms with Crippen LogP contribution in [-0.4, -0.2) is 27.3 Å². The maximum absolute atomic E-state index is 12.8. The SMILES string of the molecule is CCNCCCS(=O)(=O)Nc1ccc(F)cc1Cl. The Morgan fingerprint density at radius 1 is 1.39 bits per heavy atom. The number of nitrogens with one attached hydrogen (secondary N) is 2. The van der Waals surface area contributed by atoms with Crippen molar-refractivity contribution in [1.29, 1.82) is 0 Å². The van der Waals surface area contributed by atoms with Gasteiger partial charge in [-0.1, -0.05) is 18.5 Å². The normalized spacial score (nSPS) is 11.5. The van der Waals surface area contributed by atoms with Crippen molar-refractivity contribution >= 4 is 27.3 Å². The van der Waals surface area contributed by atoms with Crippen molar-refractivity contribution in [3.63, 3.8) is 0 Å². The number of anilines is 1. The van der Waals surface area contributed by atoms with E-state index in [0.29, 0.717) is 13.0 Å². The standard InChI is InChI=1S/C11H16ClFN2O2S/c1-2-14-6-3-7-18(16,17)15-11-5-4-9(13)8-10(11)12/h4-5,8,14-15H,2-3,6-7H2,1H3. The number of halogens is 2. The highest BCUT2D eigenvalue weighted by atomic mass is 35.5. The molecule has 0 aliphatic heterocycles. The summed E-state index contributed by atoms with van der Waals surface area (Å²) in [4.78, 5) is 0. The lowest BCUT2D eigenvalue weighted by Gasteiger charge is -2.09. The zero-order valence-electron chi connectivity index (χ0n) is 10.0. The molecule has 1 aromatic carbocycles. The van der Waals surface area contributed by atoms with Gasteiger partial charge in [-0.2, -0.15) is 0 Å². The van der Waals surface area contributed by atoms with Crippen molar-refractivity contribution < 1.29 is 12.8 Å². The zero-order chi connectivity index (χ0) is 13.6. The minimum atomic E-state index is -3.45. The van der Waals surface area contributed by atoms with Gasteiger partial charge in [0.2, 0.25) is 10.0 Å². The highest BCUT2D eigenvalue weighted by molar-refractivity contribution is 7.92. The second kappa shape index (κ2) is 6.92. The van der Waals surface area contributed by atoms with Crippen LogP contribution in [0.1, 0.15) is 13.3 Å². The van der Waals surface area contributed by atoms with Crippen molar-refractivity contribution in [2.45, 2.75) is 13.3 Å². The first-order valence-corrected chi connectivity index (χ1v) is 7.64. The molecule has 0 spiro atoms.